The third-order valence-electron chi connectivity index (χ3n) is 5.81. The summed E-state index contributed by atoms with van der Waals surface area (Å²) in [6.07, 6.45) is -0.0386. The third kappa shape index (κ3) is 8.20. The van der Waals surface area contributed by atoms with Crippen LogP contribution in [0, 0.1) is 6.92 Å². The van der Waals surface area contributed by atoms with Crippen molar-refractivity contribution in [1.29, 1.82) is 0 Å². The zero-order chi connectivity index (χ0) is 28.8. The molecule has 0 aromatic heterocycles. The molecule has 2 aromatic carbocycles. The highest BCUT2D eigenvalue weighted by Crippen LogP contribution is 2.33. The van der Waals surface area contributed by atoms with E-state index >= 15 is 0 Å². The Morgan fingerprint density at radius 3 is 2.11 bits per heavy atom. The molecule has 0 bridgehead atoms. The lowest BCUT2D eigenvalue weighted by atomic mass is 9.94. The van der Waals surface area contributed by atoms with Gasteiger partial charge in [0, 0.05) is 5.54 Å². The molecule has 2 aromatic rings. The van der Waals surface area contributed by atoms with E-state index in [1.54, 1.807) is 53.7 Å². The number of benzene rings is 2. The standard InChI is InChI=1S/C29H40ClN3O5/c1-9-19-13-15-20(16-14-19)24(25(35)32-23-18(2)11-10-12-21(23)30)33(28(3,4)5)26(36)22(17-34)31-27(37)38-29(6,7)8/h10-16,22,24,34H,9,17H2,1-8H3,(H,31,37)(H,32,35). The quantitative estimate of drug-likeness (QED) is 0.411. The topological polar surface area (TPSA) is 108 Å². The molecule has 2 rings (SSSR count). The second-order valence-electron chi connectivity index (χ2n) is 11.2. The number of aliphatic hydroxyl groups excluding tert-OH is 1. The molecule has 3 amide bonds. The van der Waals surface area contributed by atoms with Crippen LogP contribution in [0.25, 0.3) is 0 Å². The van der Waals surface area contributed by atoms with Gasteiger partial charge in [-0.25, -0.2) is 4.79 Å². The molecule has 208 valence electrons. The maximum atomic E-state index is 13.9. The fourth-order valence-electron chi connectivity index (χ4n) is 3.98. The highest BCUT2D eigenvalue weighted by Gasteiger charge is 2.42. The van der Waals surface area contributed by atoms with Gasteiger partial charge >= 0.3 is 6.09 Å². The van der Waals surface area contributed by atoms with Gasteiger partial charge in [0.1, 0.15) is 17.7 Å². The largest absolute Gasteiger partial charge is 0.444 e. The minimum atomic E-state index is -1.34. The zero-order valence-electron chi connectivity index (χ0n) is 23.5. The molecule has 3 N–H and O–H groups in total. The predicted molar refractivity (Wildman–Crippen MR) is 150 cm³/mol. The second kappa shape index (κ2) is 12.6. The summed E-state index contributed by atoms with van der Waals surface area (Å²) in [5, 5.41) is 15.8. The van der Waals surface area contributed by atoms with Crippen LogP contribution < -0.4 is 10.6 Å². The zero-order valence-corrected chi connectivity index (χ0v) is 24.3. The molecular weight excluding hydrogens is 506 g/mol. The van der Waals surface area contributed by atoms with Gasteiger partial charge in [-0.15, -0.1) is 0 Å². The first-order chi connectivity index (χ1) is 17.6. The normalized spacial score (nSPS) is 13.3. The average Bonchev–Trinajstić information content (AvgIpc) is 2.81. The van der Waals surface area contributed by atoms with Crippen molar-refractivity contribution in [2.24, 2.45) is 0 Å². The van der Waals surface area contributed by atoms with Crippen molar-refractivity contribution in [1.82, 2.24) is 10.2 Å². The van der Waals surface area contributed by atoms with E-state index in [2.05, 4.69) is 10.6 Å². The number of hydrogen-bond donors (Lipinski definition) is 3. The maximum Gasteiger partial charge on any atom is 0.408 e. The molecule has 0 aliphatic rings. The maximum absolute atomic E-state index is 13.9. The highest BCUT2D eigenvalue weighted by atomic mass is 35.5. The van der Waals surface area contributed by atoms with E-state index in [0.29, 0.717) is 16.3 Å². The first-order valence-electron chi connectivity index (χ1n) is 12.7. The minimum Gasteiger partial charge on any atom is -0.444 e. The number of rotatable bonds is 8. The summed E-state index contributed by atoms with van der Waals surface area (Å²) in [6, 6.07) is 10.3. The number of aryl methyl sites for hydroxylation is 2. The predicted octanol–water partition coefficient (Wildman–Crippen LogP) is 5.40. The number of alkyl carbamates (subject to hydrolysis) is 1. The summed E-state index contributed by atoms with van der Waals surface area (Å²) in [6.45, 7) is 13.6. The van der Waals surface area contributed by atoms with Crippen molar-refractivity contribution in [2.45, 2.75) is 85.0 Å². The number of hydrogen-bond acceptors (Lipinski definition) is 5. The van der Waals surface area contributed by atoms with Gasteiger partial charge in [-0.2, -0.15) is 0 Å². The number of carbonyl (C=O) groups excluding carboxylic acids is 3. The average molecular weight is 546 g/mol. The van der Waals surface area contributed by atoms with E-state index in [4.69, 9.17) is 16.3 Å². The number of aliphatic hydroxyl groups is 1. The summed E-state index contributed by atoms with van der Waals surface area (Å²) >= 11 is 6.39. The third-order valence-corrected chi connectivity index (χ3v) is 6.13. The number of anilines is 1. The minimum absolute atomic E-state index is 0.367. The van der Waals surface area contributed by atoms with Crippen molar-refractivity contribution in [3.8, 4) is 0 Å². The number of nitrogens with zero attached hydrogens (tertiary/aromatic N) is 1. The number of nitrogens with one attached hydrogen (secondary N) is 2. The van der Waals surface area contributed by atoms with Crippen LogP contribution in [0.15, 0.2) is 42.5 Å². The molecule has 0 saturated heterocycles. The van der Waals surface area contributed by atoms with E-state index in [1.165, 1.54) is 4.90 Å². The van der Waals surface area contributed by atoms with Crippen molar-refractivity contribution in [3.05, 3.63) is 64.2 Å². The van der Waals surface area contributed by atoms with Gasteiger partial charge < -0.3 is 25.4 Å². The summed E-state index contributed by atoms with van der Waals surface area (Å²) in [4.78, 5) is 41.7. The van der Waals surface area contributed by atoms with Crippen LogP contribution in [0.4, 0.5) is 10.5 Å². The van der Waals surface area contributed by atoms with Gasteiger partial charge in [0.25, 0.3) is 5.91 Å². The summed E-state index contributed by atoms with van der Waals surface area (Å²) in [5.74, 6) is -1.12. The summed E-state index contributed by atoms with van der Waals surface area (Å²) in [7, 11) is 0. The van der Waals surface area contributed by atoms with Crippen LogP contribution in [0.3, 0.4) is 0 Å². The fraction of sp³-hybridized carbons (Fsp3) is 0.483. The first-order valence-corrected chi connectivity index (χ1v) is 13.0. The molecule has 2 atom stereocenters. The molecule has 0 saturated carbocycles. The lowest BCUT2D eigenvalue weighted by Gasteiger charge is -2.43. The van der Waals surface area contributed by atoms with Crippen LogP contribution in [0.1, 0.15) is 71.2 Å². The van der Waals surface area contributed by atoms with Crippen molar-refractivity contribution < 1.29 is 24.2 Å². The Balaban J connectivity index is 2.58. The fourth-order valence-corrected chi connectivity index (χ4v) is 4.25. The Hall–Kier alpha value is -3.10. The number of amides is 3. The SMILES string of the molecule is CCc1ccc(C(C(=O)Nc2c(C)cccc2Cl)N(C(=O)C(CO)NC(=O)OC(C)(C)C)C(C)(C)C)cc1. The first kappa shape index (κ1) is 31.1. The van der Waals surface area contributed by atoms with Crippen LogP contribution >= 0.6 is 11.6 Å². The molecule has 0 radical (unpaired) electrons. The van der Waals surface area contributed by atoms with Gasteiger partial charge in [-0.1, -0.05) is 54.9 Å². The van der Waals surface area contributed by atoms with E-state index in [-0.39, 0.29) is 0 Å². The number of ether oxygens (including phenoxy) is 1. The molecule has 0 aliphatic carbocycles. The molecule has 2 unspecified atom stereocenters. The number of para-hydroxylation sites is 1. The Kier molecular flexibility index (Phi) is 10.3. The van der Waals surface area contributed by atoms with Crippen molar-refractivity contribution in [3.63, 3.8) is 0 Å². The van der Waals surface area contributed by atoms with Gasteiger partial charge in [-0.3, -0.25) is 9.59 Å². The monoisotopic (exact) mass is 545 g/mol. The van der Waals surface area contributed by atoms with Gasteiger partial charge in [0.2, 0.25) is 5.91 Å². The Labute approximate surface area is 230 Å². The Morgan fingerprint density at radius 2 is 1.63 bits per heavy atom. The molecule has 38 heavy (non-hydrogen) atoms. The number of carbonyl (C=O) groups is 3. The van der Waals surface area contributed by atoms with Gasteiger partial charge in [0.15, 0.2) is 0 Å². The summed E-state index contributed by atoms with van der Waals surface area (Å²) in [5.41, 5.74) is 1.17. The van der Waals surface area contributed by atoms with E-state index in [0.717, 1.165) is 17.5 Å². The van der Waals surface area contributed by atoms with Gasteiger partial charge in [0.05, 0.1) is 17.3 Å². The van der Waals surface area contributed by atoms with Gasteiger partial charge in [-0.05, 0) is 77.6 Å². The van der Waals surface area contributed by atoms with Crippen molar-refractivity contribution >= 4 is 35.2 Å². The van der Waals surface area contributed by atoms with E-state index in [1.807, 2.05) is 44.2 Å². The lowest BCUT2D eigenvalue weighted by molar-refractivity contribution is -0.147. The van der Waals surface area contributed by atoms with E-state index < -0.39 is 47.7 Å². The summed E-state index contributed by atoms with van der Waals surface area (Å²) < 4.78 is 5.28. The molecule has 0 heterocycles. The Morgan fingerprint density at radius 1 is 1.03 bits per heavy atom. The Bertz CT molecular complexity index is 1120. The van der Waals surface area contributed by atoms with Crippen LogP contribution in [-0.4, -0.2) is 51.7 Å². The molecule has 0 spiro atoms. The molecule has 8 nitrogen and oxygen atoms in total. The second-order valence-corrected chi connectivity index (χ2v) is 11.6. The van der Waals surface area contributed by atoms with Crippen molar-refractivity contribution in [2.75, 3.05) is 11.9 Å². The smallest absolute Gasteiger partial charge is 0.408 e. The van der Waals surface area contributed by atoms with Crippen LogP contribution in [0.5, 0.6) is 0 Å². The number of halogens is 1. The highest BCUT2D eigenvalue weighted by molar-refractivity contribution is 6.34. The lowest BCUT2D eigenvalue weighted by Crippen LogP contribution is -2.59. The van der Waals surface area contributed by atoms with E-state index in [9.17, 15) is 19.5 Å². The molecule has 0 fully saturated rings. The molecule has 0 aliphatic heterocycles. The van der Waals surface area contributed by atoms with Crippen LogP contribution in [0.2, 0.25) is 5.02 Å². The molecular formula is C29H40ClN3O5. The molecule has 9 heteroatoms. The van der Waals surface area contributed by atoms with Crippen LogP contribution in [-0.2, 0) is 20.7 Å².